The third kappa shape index (κ3) is 3.56. The molecule has 0 bridgehead atoms. The van der Waals surface area contributed by atoms with E-state index in [2.05, 4.69) is 37.7 Å². The summed E-state index contributed by atoms with van der Waals surface area (Å²) < 4.78 is 2.15. The second-order valence-electron chi connectivity index (χ2n) is 6.15. The highest BCUT2D eigenvalue weighted by atomic mass is 32.2. The van der Waals surface area contributed by atoms with Gasteiger partial charge < -0.3 is 10.6 Å². The van der Waals surface area contributed by atoms with Crippen LogP contribution >= 0.6 is 11.8 Å². The first-order valence-corrected chi connectivity index (χ1v) is 9.44. The zero-order chi connectivity index (χ0) is 18.8. The first kappa shape index (κ1) is 17.3. The van der Waals surface area contributed by atoms with Crippen molar-refractivity contribution in [1.82, 2.24) is 24.5 Å². The van der Waals surface area contributed by atoms with Crippen molar-refractivity contribution in [1.29, 1.82) is 0 Å². The van der Waals surface area contributed by atoms with E-state index in [1.165, 1.54) is 0 Å². The van der Waals surface area contributed by atoms with Gasteiger partial charge in [0.1, 0.15) is 5.82 Å². The maximum Gasteiger partial charge on any atom is 0.229 e. The Morgan fingerprint density at radius 2 is 1.67 bits per heavy atom. The number of fused-ring (bicyclic) bond motifs is 1. The molecule has 0 saturated heterocycles. The molecule has 8 heteroatoms. The molecule has 2 aromatic heterocycles. The van der Waals surface area contributed by atoms with Crippen LogP contribution in [0.25, 0.3) is 16.7 Å². The second-order valence-corrected chi connectivity index (χ2v) is 7.09. The number of nitrogens with two attached hydrogens (primary N) is 1. The minimum atomic E-state index is 0.223. The Bertz CT molecular complexity index is 1080. The molecule has 27 heavy (non-hydrogen) atoms. The molecule has 2 heterocycles. The average molecular weight is 377 g/mol. The molecule has 0 aliphatic heterocycles. The van der Waals surface area contributed by atoms with E-state index >= 15 is 0 Å². The van der Waals surface area contributed by atoms with Gasteiger partial charge in [-0.15, -0.1) is 0 Å². The van der Waals surface area contributed by atoms with Crippen molar-refractivity contribution in [2.45, 2.75) is 10.9 Å². The van der Waals surface area contributed by atoms with Crippen LogP contribution in [-0.2, 0) is 5.75 Å². The van der Waals surface area contributed by atoms with Crippen LogP contribution in [0.4, 0.5) is 11.9 Å². The van der Waals surface area contributed by atoms with Crippen LogP contribution in [0.15, 0.2) is 59.8 Å². The van der Waals surface area contributed by atoms with E-state index in [1.54, 1.807) is 11.8 Å². The van der Waals surface area contributed by atoms with E-state index in [-0.39, 0.29) is 5.95 Å². The van der Waals surface area contributed by atoms with E-state index in [9.17, 15) is 0 Å². The molecule has 7 nitrogen and oxygen atoms in total. The normalized spacial score (nSPS) is 11.0. The Hall–Kier alpha value is -3.13. The number of nitrogen functional groups attached to an aromatic ring is 1. The molecule has 0 atom stereocenters. The van der Waals surface area contributed by atoms with Crippen molar-refractivity contribution in [3.05, 3.63) is 60.4 Å². The number of hydrogen-bond donors (Lipinski definition) is 1. The van der Waals surface area contributed by atoms with Gasteiger partial charge in [-0.05, 0) is 24.3 Å². The molecule has 0 aliphatic rings. The van der Waals surface area contributed by atoms with Crippen molar-refractivity contribution >= 4 is 34.7 Å². The number of para-hydroxylation sites is 3. The maximum absolute atomic E-state index is 5.83. The van der Waals surface area contributed by atoms with Gasteiger partial charge in [-0.2, -0.15) is 15.0 Å². The lowest BCUT2D eigenvalue weighted by atomic mass is 10.3. The number of nitrogens with zero attached hydrogens (tertiary/aromatic N) is 6. The fraction of sp³-hybridized carbons (Fsp3) is 0.158. The molecule has 0 radical (unpaired) electrons. The molecule has 0 amide bonds. The molecule has 0 spiro atoms. The van der Waals surface area contributed by atoms with E-state index in [0.717, 1.165) is 21.9 Å². The number of hydrogen-bond acceptors (Lipinski definition) is 7. The predicted octanol–water partition coefficient (Wildman–Crippen LogP) is 3.15. The molecule has 4 rings (SSSR count). The number of benzene rings is 2. The number of anilines is 2. The van der Waals surface area contributed by atoms with Crippen molar-refractivity contribution < 1.29 is 0 Å². The smallest absolute Gasteiger partial charge is 0.229 e. The maximum atomic E-state index is 5.83. The monoisotopic (exact) mass is 377 g/mol. The summed E-state index contributed by atoms with van der Waals surface area (Å²) >= 11 is 1.57. The summed E-state index contributed by atoms with van der Waals surface area (Å²) in [5.41, 5.74) is 8.91. The minimum absolute atomic E-state index is 0.223. The van der Waals surface area contributed by atoms with Gasteiger partial charge in [0.25, 0.3) is 0 Å². The molecular weight excluding hydrogens is 358 g/mol. The Kier molecular flexibility index (Phi) is 4.64. The van der Waals surface area contributed by atoms with E-state index in [0.29, 0.717) is 17.5 Å². The zero-order valence-corrected chi connectivity index (χ0v) is 15.9. The third-order valence-corrected chi connectivity index (χ3v) is 4.90. The predicted molar refractivity (Wildman–Crippen MR) is 109 cm³/mol. The van der Waals surface area contributed by atoms with Gasteiger partial charge in [-0.1, -0.05) is 42.1 Å². The summed E-state index contributed by atoms with van der Waals surface area (Å²) in [6.07, 6.45) is 0. The van der Waals surface area contributed by atoms with E-state index in [1.807, 2.05) is 55.4 Å². The number of rotatable bonds is 5. The summed E-state index contributed by atoms with van der Waals surface area (Å²) in [5.74, 6) is 1.95. The van der Waals surface area contributed by atoms with E-state index < -0.39 is 0 Å². The third-order valence-electron chi connectivity index (χ3n) is 3.96. The van der Waals surface area contributed by atoms with Gasteiger partial charge in [-0.25, -0.2) is 4.98 Å². The van der Waals surface area contributed by atoms with Crippen LogP contribution < -0.4 is 10.6 Å². The molecule has 2 aromatic carbocycles. The number of thioether (sulfide) groups is 1. The highest BCUT2D eigenvalue weighted by Crippen LogP contribution is 2.29. The topological polar surface area (TPSA) is 85.8 Å². The Balaban J connectivity index is 1.71. The average Bonchev–Trinajstić information content (AvgIpc) is 3.05. The lowest BCUT2D eigenvalue weighted by molar-refractivity contribution is 0.901. The van der Waals surface area contributed by atoms with Gasteiger partial charge in [0.05, 0.1) is 16.8 Å². The van der Waals surface area contributed by atoms with Gasteiger partial charge in [0.2, 0.25) is 11.9 Å². The van der Waals surface area contributed by atoms with Gasteiger partial charge >= 0.3 is 0 Å². The largest absolute Gasteiger partial charge is 0.368 e. The highest BCUT2D eigenvalue weighted by molar-refractivity contribution is 7.98. The molecule has 0 saturated carbocycles. The lowest BCUT2D eigenvalue weighted by Gasteiger charge is -2.11. The molecule has 0 fully saturated rings. The molecule has 136 valence electrons. The van der Waals surface area contributed by atoms with Crippen molar-refractivity contribution in [2.75, 3.05) is 24.7 Å². The Labute approximate surface area is 161 Å². The molecule has 4 aromatic rings. The standard InChI is InChI=1S/C19H19N7S/c1-25(2)18-23-16(22-17(20)24-18)12-27-19-21-14-10-6-7-11-15(14)26(19)13-8-4-3-5-9-13/h3-11H,12H2,1-2H3,(H2,20,22,23,24). The van der Waals surface area contributed by atoms with Gasteiger partial charge in [0, 0.05) is 19.8 Å². The van der Waals surface area contributed by atoms with E-state index in [4.69, 9.17) is 10.7 Å². The molecular formula is C19H19N7S. The summed E-state index contributed by atoms with van der Waals surface area (Å²) in [4.78, 5) is 19.5. The van der Waals surface area contributed by atoms with Crippen LogP contribution in [0, 0.1) is 0 Å². The Morgan fingerprint density at radius 3 is 2.44 bits per heavy atom. The van der Waals surface area contributed by atoms with Crippen LogP contribution in [0.5, 0.6) is 0 Å². The van der Waals surface area contributed by atoms with Gasteiger partial charge in [0.15, 0.2) is 5.16 Å². The number of aromatic nitrogens is 5. The zero-order valence-electron chi connectivity index (χ0n) is 15.1. The van der Waals surface area contributed by atoms with Crippen LogP contribution in [0.3, 0.4) is 0 Å². The fourth-order valence-corrected chi connectivity index (χ4v) is 3.63. The summed E-state index contributed by atoms with van der Waals surface area (Å²) in [5, 5.41) is 0.882. The summed E-state index contributed by atoms with van der Waals surface area (Å²) in [7, 11) is 3.75. The summed E-state index contributed by atoms with van der Waals surface area (Å²) in [6.45, 7) is 0. The molecule has 0 aliphatic carbocycles. The lowest BCUT2D eigenvalue weighted by Crippen LogP contribution is -2.16. The van der Waals surface area contributed by atoms with Gasteiger partial charge in [-0.3, -0.25) is 4.57 Å². The molecule has 2 N–H and O–H groups in total. The highest BCUT2D eigenvalue weighted by Gasteiger charge is 2.14. The van der Waals surface area contributed by atoms with Crippen LogP contribution in [0.2, 0.25) is 0 Å². The van der Waals surface area contributed by atoms with Crippen LogP contribution in [0.1, 0.15) is 5.82 Å². The second kappa shape index (κ2) is 7.24. The quantitative estimate of drug-likeness (QED) is 0.535. The fourth-order valence-electron chi connectivity index (χ4n) is 2.75. The van der Waals surface area contributed by atoms with Crippen molar-refractivity contribution in [3.8, 4) is 5.69 Å². The van der Waals surface area contributed by atoms with Crippen molar-refractivity contribution in [2.24, 2.45) is 0 Å². The summed E-state index contributed by atoms with van der Waals surface area (Å²) in [6, 6.07) is 18.3. The Morgan fingerprint density at radius 1 is 0.926 bits per heavy atom. The SMILES string of the molecule is CN(C)c1nc(N)nc(CSc2nc3ccccc3n2-c2ccccc2)n1. The van der Waals surface area contributed by atoms with Crippen LogP contribution in [-0.4, -0.2) is 38.6 Å². The number of imidazole rings is 1. The minimum Gasteiger partial charge on any atom is -0.368 e. The first-order chi connectivity index (χ1) is 13.1. The first-order valence-electron chi connectivity index (χ1n) is 8.45. The van der Waals surface area contributed by atoms with Crippen molar-refractivity contribution in [3.63, 3.8) is 0 Å². The molecule has 0 unspecified atom stereocenters.